The Labute approximate surface area is 172 Å². The van der Waals surface area contributed by atoms with Crippen LogP contribution in [-0.2, 0) is 14.8 Å². The number of hydrogen-bond donors (Lipinski definition) is 1. The number of aryl methyl sites for hydroxylation is 2. The van der Waals surface area contributed by atoms with Crippen LogP contribution in [0.4, 0.5) is 5.69 Å². The van der Waals surface area contributed by atoms with Gasteiger partial charge in [0.05, 0.1) is 11.5 Å². The highest BCUT2D eigenvalue weighted by Gasteiger charge is 2.21. The third-order valence-electron chi connectivity index (χ3n) is 5.14. The number of hydrogen-bond acceptors (Lipinski definition) is 4. The summed E-state index contributed by atoms with van der Waals surface area (Å²) in [4.78, 5) is 14.3. The molecule has 3 rings (SSSR count). The molecule has 0 heterocycles. The molecule has 1 saturated carbocycles. The van der Waals surface area contributed by atoms with E-state index in [1.807, 2.05) is 13.8 Å². The first-order chi connectivity index (χ1) is 13.8. The molecule has 1 fully saturated rings. The minimum atomic E-state index is -3.68. The van der Waals surface area contributed by atoms with Crippen LogP contribution < -0.4 is 4.72 Å². The first-order valence-electron chi connectivity index (χ1n) is 9.79. The molecule has 1 N–H and O–H groups in total. The lowest BCUT2D eigenvalue weighted by molar-refractivity contribution is 0.0681. The van der Waals surface area contributed by atoms with Crippen molar-refractivity contribution < 1.29 is 17.9 Å². The summed E-state index contributed by atoms with van der Waals surface area (Å²) < 4.78 is 33.3. The fourth-order valence-electron chi connectivity index (χ4n) is 2.83. The summed E-state index contributed by atoms with van der Waals surface area (Å²) in [6, 6.07) is 11.5. The SMILES string of the molecule is Cc1ccc(S(=O)(=O)Nc2ccc(C(=O)N(C)CCOCC3CC3)cc2)cc1C. The fourth-order valence-corrected chi connectivity index (χ4v) is 3.98. The molecule has 1 amide bonds. The molecule has 29 heavy (non-hydrogen) atoms. The topological polar surface area (TPSA) is 75.7 Å². The highest BCUT2D eigenvalue weighted by molar-refractivity contribution is 7.92. The molecule has 0 radical (unpaired) electrons. The van der Waals surface area contributed by atoms with E-state index >= 15 is 0 Å². The van der Waals surface area contributed by atoms with E-state index in [4.69, 9.17) is 4.74 Å². The quantitative estimate of drug-likeness (QED) is 0.634. The van der Waals surface area contributed by atoms with Crippen LogP contribution in [0.15, 0.2) is 47.4 Å². The summed E-state index contributed by atoms with van der Waals surface area (Å²) in [5.41, 5.74) is 2.87. The molecule has 0 aromatic heterocycles. The summed E-state index contributed by atoms with van der Waals surface area (Å²) >= 11 is 0. The van der Waals surface area contributed by atoms with E-state index in [0.717, 1.165) is 17.7 Å². The number of sulfonamides is 1. The number of anilines is 1. The molecule has 1 aliphatic rings. The zero-order valence-electron chi connectivity index (χ0n) is 17.1. The van der Waals surface area contributed by atoms with E-state index in [-0.39, 0.29) is 10.8 Å². The number of amides is 1. The Kier molecular flexibility index (Phi) is 6.59. The van der Waals surface area contributed by atoms with Gasteiger partial charge in [-0.05, 0) is 80.1 Å². The van der Waals surface area contributed by atoms with Gasteiger partial charge >= 0.3 is 0 Å². The normalized spacial score (nSPS) is 13.9. The molecule has 0 aliphatic heterocycles. The maximum atomic E-state index is 12.6. The maximum Gasteiger partial charge on any atom is 0.261 e. The zero-order chi connectivity index (χ0) is 21.0. The third kappa shape index (κ3) is 5.81. The van der Waals surface area contributed by atoms with Crippen molar-refractivity contribution in [3.05, 3.63) is 59.2 Å². The van der Waals surface area contributed by atoms with Crippen LogP contribution in [0, 0.1) is 19.8 Å². The maximum absolute atomic E-state index is 12.6. The van der Waals surface area contributed by atoms with Gasteiger partial charge in [-0.25, -0.2) is 8.42 Å². The molecule has 2 aromatic carbocycles. The van der Waals surface area contributed by atoms with Gasteiger partial charge in [0.25, 0.3) is 15.9 Å². The van der Waals surface area contributed by atoms with Crippen molar-refractivity contribution in [2.75, 3.05) is 31.5 Å². The number of nitrogens with one attached hydrogen (secondary N) is 1. The Morgan fingerprint density at radius 2 is 1.79 bits per heavy atom. The third-order valence-corrected chi connectivity index (χ3v) is 6.52. The van der Waals surface area contributed by atoms with Gasteiger partial charge < -0.3 is 9.64 Å². The molecular formula is C22H28N2O4S. The minimum Gasteiger partial charge on any atom is -0.379 e. The predicted molar refractivity (Wildman–Crippen MR) is 114 cm³/mol. The highest BCUT2D eigenvalue weighted by Crippen LogP contribution is 2.28. The average molecular weight is 417 g/mol. The van der Waals surface area contributed by atoms with Crippen molar-refractivity contribution in [2.24, 2.45) is 5.92 Å². The van der Waals surface area contributed by atoms with E-state index in [2.05, 4.69) is 4.72 Å². The van der Waals surface area contributed by atoms with E-state index in [1.165, 1.54) is 12.8 Å². The lowest BCUT2D eigenvalue weighted by Crippen LogP contribution is -2.30. The van der Waals surface area contributed by atoms with Gasteiger partial charge in [0, 0.05) is 31.5 Å². The summed E-state index contributed by atoms with van der Waals surface area (Å²) in [6.45, 7) is 5.63. The second-order valence-corrected chi connectivity index (χ2v) is 9.36. The average Bonchev–Trinajstić information content (AvgIpc) is 3.51. The number of rotatable bonds is 9. The zero-order valence-corrected chi connectivity index (χ0v) is 18.0. The molecule has 6 nitrogen and oxygen atoms in total. The smallest absolute Gasteiger partial charge is 0.261 e. The van der Waals surface area contributed by atoms with Crippen molar-refractivity contribution in [3.63, 3.8) is 0 Å². The van der Waals surface area contributed by atoms with Crippen molar-refractivity contribution >= 4 is 21.6 Å². The van der Waals surface area contributed by atoms with Gasteiger partial charge in [-0.3, -0.25) is 9.52 Å². The monoisotopic (exact) mass is 416 g/mol. The van der Waals surface area contributed by atoms with Crippen molar-refractivity contribution in [3.8, 4) is 0 Å². The number of nitrogens with zero attached hydrogens (tertiary/aromatic N) is 1. The molecule has 2 aromatic rings. The number of carbonyl (C=O) groups excluding carboxylic acids is 1. The molecule has 0 saturated heterocycles. The Morgan fingerprint density at radius 3 is 2.41 bits per heavy atom. The molecule has 7 heteroatoms. The van der Waals surface area contributed by atoms with E-state index in [1.54, 1.807) is 54.4 Å². The van der Waals surface area contributed by atoms with E-state index in [0.29, 0.717) is 30.3 Å². The molecule has 0 atom stereocenters. The molecule has 0 spiro atoms. The van der Waals surface area contributed by atoms with Gasteiger partial charge in [-0.2, -0.15) is 0 Å². The Morgan fingerprint density at radius 1 is 1.10 bits per heavy atom. The largest absolute Gasteiger partial charge is 0.379 e. The van der Waals surface area contributed by atoms with E-state index < -0.39 is 10.0 Å². The lowest BCUT2D eigenvalue weighted by Gasteiger charge is -2.17. The Bertz CT molecular complexity index is 967. The molecule has 0 bridgehead atoms. The summed E-state index contributed by atoms with van der Waals surface area (Å²) in [7, 11) is -1.95. The number of carbonyl (C=O) groups is 1. The van der Waals surface area contributed by atoms with Gasteiger partial charge in [-0.1, -0.05) is 6.07 Å². The standard InChI is InChI=1S/C22H28N2O4S/c1-16-4-11-21(14-17(16)2)29(26,27)23-20-9-7-19(8-10-20)22(25)24(3)12-13-28-15-18-5-6-18/h4,7-11,14,18,23H,5-6,12-13,15H2,1-3H3. The van der Waals surface area contributed by atoms with Crippen LogP contribution in [0.25, 0.3) is 0 Å². The number of benzene rings is 2. The van der Waals surface area contributed by atoms with Crippen molar-refractivity contribution in [1.29, 1.82) is 0 Å². The summed E-state index contributed by atoms with van der Waals surface area (Å²) in [5, 5.41) is 0. The fraction of sp³-hybridized carbons (Fsp3) is 0.409. The van der Waals surface area contributed by atoms with Crippen LogP contribution in [0.2, 0.25) is 0 Å². The van der Waals surface area contributed by atoms with Gasteiger partial charge in [0.15, 0.2) is 0 Å². The van der Waals surface area contributed by atoms with E-state index in [9.17, 15) is 13.2 Å². The van der Waals surface area contributed by atoms with Gasteiger partial charge in [0.1, 0.15) is 0 Å². The Hall–Kier alpha value is -2.38. The van der Waals surface area contributed by atoms with Gasteiger partial charge in [0.2, 0.25) is 0 Å². The van der Waals surface area contributed by atoms with Gasteiger partial charge in [-0.15, -0.1) is 0 Å². The predicted octanol–water partition coefficient (Wildman–Crippen LogP) is 3.60. The van der Waals surface area contributed by atoms with Crippen LogP contribution in [0.1, 0.15) is 34.3 Å². The highest BCUT2D eigenvalue weighted by atomic mass is 32.2. The second kappa shape index (κ2) is 8.97. The molecule has 0 unspecified atom stereocenters. The molecule has 1 aliphatic carbocycles. The van der Waals surface area contributed by atoms with Crippen LogP contribution in [0.5, 0.6) is 0 Å². The lowest BCUT2D eigenvalue weighted by atomic mass is 10.1. The minimum absolute atomic E-state index is 0.122. The first-order valence-corrected chi connectivity index (χ1v) is 11.3. The van der Waals surface area contributed by atoms with Crippen LogP contribution in [0.3, 0.4) is 0 Å². The van der Waals surface area contributed by atoms with Crippen molar-refractivity contribution in [2.45, 2.75) is 31.6 Å². The van der Waals surface area contributed by atoms with Crippen LogP contribution >= 0.6 is 0 Å². The Balaban J connectivity index is 1.58. The first kappa shape index (κ1) is 21.3. The summed E-state index contributed by atoms with van der Waals surface area (Å²) in [6.07, 6.45) is 2.49. The second-order valence-electron chi connectivity index (χ2n) is 7.67. The van der Waals surface area contributed by atoms with Crippen LogP contribution in [-0.4, -0.2) is 46.0 Å². The molecular weight excluding hydrogens is 388 g/mol. The summed E-state index contributed by atoms with van der Waals surface area (Å²) in [5.74, 6) is 0.583. The number of likely N-dealkylation sites (N-methyl/N-ethyl adjacent to an activating group) is 1. The number of ether oxygens (including phenoxy) is 1. The molecule has 156 valence electrons. The van der Waals surface area contributed by atoms with Crippen molar-refractivity contribution in [1.82, 2.24) is 4.90 Å².